The molecule has 2 aromatic rings. The highest BCUT2D eigenvalue weighted by Gasteiger charge is 2.09. The van der Waals surface area contributed by atoms with Crippen LogP contribution < -0.4 is 5.73 Å². The summed E-state index contributed by atoms with van der Waals surface area (Å²) in [6, 6.07) is 3.81. The minimum atomic E-state index is -0.850. The van der Waals surface area contributed by atoms with Gasteiger partial charge in [-0.05, 0) is 31.5 Å². The lowest BCUT2D eigenvalue weighted by Crippen LogP contribution is -2.05. The van der Waals surface area contributed by atoms with Crippen LogP contribution in [0, 0.1) is 25.5 Å². The average molecular weight is 237 g/mol. The van der Waals surface area contributed by atoms with Gasteiger partial charge >= 0.3 is 0 Å². The summed E-state index contributed by atoms with van der Waals surface area (Å²) in [7, 11) is 0. The Morgan fingerprint density at radius 2 is 1.94 bits per heavy atom. The summed E-state index contributed by atoms with van der Waals surface area (Å²) in [6.45, 7) is 4.03. The smallest absolute Gasteiger partial charge is 0.159 e. The number of aromatic nitrogens is 2. The van der Waals surface area contributed by atoms with Crippen LogP contribution >= 0.6 is 0 Å². The van der Waals surface area contributed by atoms with Crippen molar-refractivity contribution in [2.45, 2.75) is 20.4 Å². The molecule has 5 heteroatoms. The zero-order valence-electron chi connectivity index (χ0n) is 9.67. The van der Waals surface area contributed by atoms with Crippen LogP contribution in [0.2, 0.25) is 0 Å². The fourth-order valence-electron chi connectivity index (χ4n) is 1.68. The number of nitrogens with two attached hydrogens (primary N) is 1. The van der Waals surface area contributed by atoms with Crippen LogP contribution in [0.1, 0.15) is 17.0 Å². The molecule has 1 aromatic carbocycles. The first-order valence-electron chi connectivity index (χ1n) is 5.22. The topological polar surface area (TPSA) is 43.8 Å². The number of aryl methyl sites for hydroxylation is 1. The van der Waals surface area contributed by atoms with Crippen molar-refractivity contribution >= 4 is 5.69 Å². The predicted octanol–water partition coefficient (Wildman–Crippen LogP) is 2.41. The SMILES string of the molecule is Cc1nn(Cc2ccc(F)c(F)c2)c(C)c1N. The zero-order chi connectivity index (χ0) is 12.6. The van der Waals surface area contributed by atoms with Crippen LogP contribution in [0.15, 0.2) is 18.2 Å². The van der Waals surface area contributed by atoms with Gasteiger partial charge in [-0.1, -0.05) is 6.07 Å². The van der Waals surface area contributed by atoms with Crippen LogP contribution in [0.25, 0.3) is 0 Å². The van der Waals surface area contributed by atoms with E-state index in [0.29, 0.717) is 17.8 Å². The van der Waals surface area contributed by atoms with Gasteiger partial charge in [-0.15, -0.1) is 0 Å². The van der Waals surface area contributed by atoms with E-state index in [2.05, 4.69) is 5.10 Å². The Morgan fingerprint density at radius 1 is 1.24 bits per heavy atom. The van der Waals surface area contributed by atoms with Gasteiger partial charge in [0.25, 0.3) is 0 Å². The molecule has 17 heavy (non-hydrogen) atoms. The maximum Gasteiger partial charge on any atom is 0.159 e. The van der Waals surface area contributed by atoms with Crippen molar-refractivity contribution in [1.82, 2.24) is 9.78 Å². The van der Waals surface area contributed by atoms with Crippen LogP contribution in [0.3, 0.4) is 0 Å². The highest BCUT2D eigenvalue weighted by Crippen LogP contribution is 2.17. The van der Waals surface area contributed by atoms with E-state index in [1.54, 1.807) is 4.68 Å². The molecule has 0 aliphatic heterocycles. The third kappa shape index (κ3) is 2.13. The highest BCUT2D eigenvalue weighted by atomic mass is 19.2. The monoisotopic (exact) mass is 237 g/mol. The standard InChI is InChI=1S/C12H13F2N3/c1-7-12(15)8(2)17(16-7)6-9-3-4-10(13)11(14)5-9/h3-5H,6,15H2,1-2H3. The summed E-state index contributed by atoms with van der Waals surface area (Å²) < 4.78 is 27.5. The Bertz CT molecular complexity index is 561. The molecule has 0 aliphatic carbocycles. The molecule has 0 bridgehead atoms. The summed E-state index contributed by atoms with van der Waals surface area (Å²) in [5, 5.41) is 4.23. The quantitative estimate of drug-likeness (QED) is 0.871. The molecule has 0 radical (unpaired) electrons. The lowest BCUT2D eigenvalue weighted by atomic mass is 10.2. The fraction of sp³-hybridized carbons (Fsp3) is 0.250. The van der Waals surface area contributed by atoms with E-state index in [9.17, 15) is 8.78 Å². The van der Waals surface area contributed by atoms with Crippen LogP contribution in [0.4, 0.5) is 14.5 Å². The number of halogens is 2. The Kier molecular flexibility index (Phi) is 2.83. The van der Waals surface area contributed by atoms with E-state index >= 15 is 0 Å². The van der Waals surface area contributed by atoms with E-state index in [4.69, 9.17) is 5.73 Å². The zero-order valence-corrected chi connectivity index (χ0v) is 9.67. The average Bonchev–Trinajstić information content (AvgIpc) is 2.52. The van der Waals surface area contributed by atoms with E-state index < -0.39 is 11.6 Å². The summed E-state index contributed by atoms with van der Waals surface area (Å²) in [5.41, 5.74) is 8.64. The third-order valence-electron chi connectivity index (χ3n) is 2.75. The lowest BCUT2D eigenvalue weighted by Gasteiger charge is -2.05. The third-order valence-corrected chi connectivity index (χ3v) is 2.75. The molecule has 0 unspecified atom stereocenters. The first-order valence-corrected chi connectivity index (χ1v) is 5.22. The number of rotatable bonds is 2. The Balaban J connectivity index is 2.31. The normalized spacial score (nSPS) is 10.8. The molecule has 0 aliphatic rings. The lowest BCUT2D eigenvalue weighted by molar-refractivity contribution is 0.505. The van der Waals surface area contributed by atoms with Gasteiger partial charge in [0.15, 0.2) is 11.6 Å². The molecule has 2 N–H and O–H groups in total. The number of benzene rings is 1. The summed E-state index contributed by atoms with van der Waals surface area (Å²) in [4.78, 5) is 0. The van der Waals surface area contributed by atoms with Gasteiger partial charge in [0.2, 0.25) is 0 Å². The number of hydrogen-bond donors (Lipinski definition) is 1. The number of anilines is 1. The van der Waals surface area contributed by atoms with E-state index in [1.165, 1.54) is 12.1 Å². The predicted molar refractivity (Wildman–Crippen MR) is 61.6 cm³/mol. The van der Waals surface area contributed by atoms with Crippen molar-refractivity contribution in [1.29, 1.82) is 0 Å². The molecule has 90 valence electrons. The maximum atomic E-state index is 13.0. The second kappa shape index (κ2) is 4.16. The van der Waals surface area contributed by atoms with E-state index in [1.807, 2.05) is 13.8 Å². The number of nitrogens with zero attached hydrogens (tertiary/aromatic N) is 2. The van der Waals surface area contributed by atoms with Crippen molar-refractivity contribution in [3.05, 3.63) is 46.8 Å². The van der Waals surface area contributed by atoms with Crippen molar-refractivity contribution in [3.63, 3.8) is 0 Å². The minimum Gasteiger partial charge on any atom is -0.396 e. The van der Waals surface area contributed by atoms with Crippen molar-refractivity contribution in [3.8, 4) is 0 Å². The maximum absolute atomic E-state index is 13.0. The van der Waals surface area contributed by atoms with Gasteiger partial charge in [0.1, 0.15) is 0 Å². The van der Waals surface area contributed by atoms with Crippen LogP contribution in [-0.4, -0.2) is 9.78 Å². The second-order valence-electron chi connectivity index (χ2n) is 3.99. The van der Waals surface area contributed by atoms with Gasteiger partial charge in [0.05, 0.1) is 23.6 Å². The molecular weight excluding hydrogens is 224 g/mol. The molecule has 1 aromatic heterocycles. The Morgan fingerprint density at radius 3 is 2.47 bits per heavy atom. The largest absolute Gasteiger partial charge is 0.396 e. The van der Waals surface area contributed by atoms with Gasteiger partial charge in [0, 0.05) is 0 Å². The molecule has 3 nitrogen and oxygen atoms in total. The van der Waals surface area contributed by atoms with Crippen LogP contribution in [0.5, 0.6) is 0 Å². The van der Waals surface area contributed by atoms with Crippen LogP contribution in [-0.2, 0) is 6.54 Å². The second-order valence-corrected chi connectivity index (χ2v) is 3.99. The summed E-state index contributed by atoms with van der Waals surface area (Å²) in [6.07, 6.45) is 0. The van der Waals surface area contributed by atoms with Gasteiger partial charge in [-0.3, -0.25) is 4.68 Å². The van der Waals surface area contributed by atoms with Gasteiger partial charge in [-0.25, -0.2) is 8.78 Å². The van der Waals surface area contributed by atoms with Crippen molar-refractivity contribution in [2.24, 2.45) is 0 Å². The fourth-order valence-corrected chi connectivity index (χ4v) is 1.68. The Labute approximate surface area is 97.9 Å². The minimum absolute atomic E-state index is 0.376. The molecule has 0 atom stereocenters. The van der Waals surface area contributed by atoms with E-state index in [0.717, 1.165) is 17.5 Å². The summed E-state index contributed by atoms with van der Waals surface area (Å²) >= 11 is 0. The van der Waals surface area contributed by atoms with Crippen molar-refractivity contribution < 1.29 is 8.78 Å². The highest BCUT2D eigenvalue weighted by molar-refractivity contribution is 5.47. The van der Waals surface area contributed by atoms with Crippen molar-refractivity contribution in [2.75, 3.05) is 5.73 Å². The number of hydrogen-bond acceptors (Lipinski definition) is 2. The molecule has 1 heterocycles. The molecule has 0 saturated heterocycles. The molecule has 0 saturated carbocycles. The molecule has 0 fully saturated rings. The molecule has 2 rings (SSSR count). The summed E-state index contributed by atoms with van der Waals surface area (Å²) in [5.74, 6) is -1.70. The van der Waals surface area contributed by atoms with E-state index in [-0.39, 0.29) is 0 Å². The van der Waals surface area contributed by atoms with Gasteiger partial charge in [-0.2, -0.15) is 5.10 Å². The first kappa shape index (κ1) is 11.6. The first-order chi connectivity index (χ1) is 7.99. The Hall–Kier alpha value is -1.91. The van der Waals surface area contributed by atoms with Gasteiger partial charge < -0.3 is 5.73 Å². The molecule has 0 amide bonds. The molecular formula is C12H13F2N3. The number of nitrogen functional groups attached to an aromatic ring is 1. The molecule has 0 spiro atoms.